The molecule has 7 heteroatoms. The van der Waals surface area contributed by atoms with Crippen molar-refractivity contribution in [1.82, 2.24) is 10.2 Å². The lowest BCUT2D eigenvalue weighted by Crippen LogP contribution is -2.40. The van der Waals surface area contributed by atoms with Crippen molar-refractivity contribution >= 4 is 17.5 Å². The molecule has 0 unspecified atom stereocenters. The number of nitrogens with one attached hydrogen (secondary N) is 1. The summed E-state index contributed by atoms with van der Waals surface area (Å²) < 4.78 is 10.4. The van der Waals surface area contributed by atoms with Crippen LogP contribution >= 0.6 is 11.6 Å². The van der Waals surface area contributed by atoms with Crippen LogP contribution in [0.25, 0.3) is 0 Å². The fourth-order valence-electron chi connectivity index (χ4n) is 3.01. The Bertz CT molecular complexity index is 580. The topological polar surface area (TPSA) is 71.0 Å². The van der Waals surface area contributed by atoms with Crippen LogP contribution in [0.3, 0.4) is 0 Å². The first-order valence-electron chi connectivity index (χ1n) is 7.69. The number of phenols is 1. The van der Waals surface area contributed by atoms with Gasteiger partial charge in [-0.3, -0.25) is 9.69 Å². The Morgan fingerprint density at radius 2 is 2.22 bits per heavy atom. The van der Waals surface area contributed by atoms with Crippen molar-refractivity contribution in [2.75, 3.05) is 33.9 Å². The molecule has 1 amide bonds. The number of methoxy groups -OCH3 is 2. The summed E-state index contributed by atoms with van der Waals surface area (Å²) in [6.07, 6.45) is 2.18. The molecular formula is C16H23ClN2O4. The third-order valence-corrected chi connectivity index (χ3v) is 4.51. The standard InChI is InChI=1S/C16H23ClN2O4/c1-4-19-7-5-6-10(19)9-18-16(21)13-14(20)11(17)8-12(22-2)15(13)23-3/h8,10,20H,4-7,9H2,1-3H3,(H,18,21)/t10-/m0/s1. The van der Waals surface area contributed by atoms with Gasteiger partial charge >= 0.3 is 0 Å². The van der Waals surface area contributed by atoms with E-state index < -0.39 is 5.91 Å². The second-order valence-electron chi connectivity index (χ2n) is 5.45. The summed E-state index contributed by atoms with van der Waals surface area (Å²) in [5.74, 6) is -0.258. The van der Waals surface area contributed by atoms with Crippen molar-refractivity contribution < 1.29 is 19.4 Å². The fourth-order valence-corrected chi connectivity index (χ4v) is 3.20. The molecule has 1 saturated heterocycles. The third-order valence-electron chi connectivity index (χ3n) is 4.23. The van der Waals surface area contributed by atoms with E-state index in [2.05, 4.69) is 17.1 Å². The molecule has 6 nitrogen and oxygen atoms in total. The maximum absolute atomic E-state index is 12.5. The molecule has 0 radical (unpaired) electrons. The van der Waals surface area contributed by atoms with E-state index in [1.807, 2.05) is 0 Å². The summed E-state index contributed by atoms with van der Waals surface area (Å²) in [6.45, 7) is 4.64. The van der Waals surface area contributed by atoms with E-state index in [-0.39, 0.29) is 22.1 Å². The molecule has 128 valence electrons. The molecule has 1 aliphatic heterocycles. The van der Waals surface area contributed by atoms with Crippen molar-refractivity contribution in [2.45, 2.75) is 25.8 Å². The molecule has 0 saturated carbocycles. The number of hydrogen-bond acceptors (Lipinski definition) is 5. The van der Waals surface area contributed by atoms with Crippen molar-refractivity contribution in [2.24, 2.45) is 0 Å². The first-order valence-corrected chi connectivity index (χ1v) is 8.06. The molecule has 1 heterocycles. The number of rotatable bonds is 6. The highest BCUT2D eigenvalue weighted by Gasteiger charge is 2.27. The lowest BCUT2D eigenvalue weighted by Gasteiger charge is -2.23. The number of amides is 1. The Morgan fingerprint density at radius 1 is 1.48 bits per heavy atom. The van der Waals surface area contributed by atoms with Gasteiger partial charge in [0.1, 0.15) is 5.56 Å². The first-order chi connectivity index (χ1) is 11.0. The number of likely N-dealkylation sites (tertiary alicyclic amines) is 1. The Morgan fingerprint density at radius 3 is 2.83 bits per heavy atom. The molecule has 0 spiro atoms. The summed E-state index contributed by atoms with van der Waals surface area (Å²) >= 11 is 5.97. The van der Waals surface area contributed by atoms with Gasteiger partial charge in [-0.05, 0) is 25.9 Å². The van der Waals surface area contributed by atoms with E-state index in [1.165, 1.54) is 20.3 Å². The Labute approximate surface area is 141 Å². The van der Waals surface area contributed by atoms with Crippen LogP contribution in [0.5, 0.6) is 17.2 Å². The zero-order chi connectivity index (χ0) is 17.0. The van der Waals surface area contributed by atoms with Crippen LogP contribution in [0.4, 0.5) is 0 Å². The Balaban J connectivity index is 2.20. The molecule has 1 aromatic carbocycles. The van der Waals surface area contributed by atoms with Gasteiger partial charge in [0.2, 0.25) is 0 Å². The Hall–Kier alpha value is -1.66. The summed E-state index contributed by atoms with van der Waals surface area (Å²) in [7, 11) is 2.86. The highest BCUT2D eigenvalue weighted by molar-refractivity contribution is 6.33. The predicted molar refractivity (Wildman–Crippen MR) is 88.8 cm³/mol. The number of aromatic hydroxyl groups is 1. The molecule has 2 rings (SSSR count). The molecule has 1 aliphatic rings. The van der Waals surface area contributed by atoms with Crippen molar-refractivity contribution in [3.63, 3.8) is 0 Å². The molecule has 0 aliphatic carbocycles. The van der Waals surface area contributed by atoms with Gasteiger partial charge in [0.15, 0.2) is 17.2 Å². The van der Waals surface area contributed by atoms with Crippen LogP contribution in [0, 0.1) is 0 Å². The lowest BCUT2D eigenvalue weighted by molar-refractivity contribution is 0.0934. The maximum atomic E-state index is 12.5. The van der Waals surface area contributed by atoms with Crippen molar-refractivity contribution in [1.29, 1.82) is 0 Å². The van der Waals surface area contributed by atoms with Gasteiger partial charge in [-0.25, -0.2) is 0 Å². The first kappa shape index (κ1) is 17.7. The van der Waals surface area contributed by atoms with E-state index >= 15 is 0 Å². The number of benzene rings is 1. The van der Waals surface area contributed by atoms with Crippen LogP contribution in [-0.4, -0.2) is 55.8 Å². The lowest BCUT2D eigenvalue weighted by atomic mass is 10.1. The number of nitrogens with zero attached hydrogens (tertiary/aromatic N) is 1. The number of halogens is 1. The molecule has 0 aromatic heterocycles. The third kappa shape index (κ3) is 3.64. The average Bonchev–Trinajstić information content (AvgIpc) is 3.01. The number of carbonyl (C=O) groups excluding carboxylic acids is 1. The number of ether oxygens (including phenoxy) is 2. The fraction of sp³-hybridized carbons (Fsp3) is 0.562. The normalized spacial score (nSPS) is 18.0. The van der Waals surface area contributed by atoms with Gasteiger partial charge in [-0.1, -0.05) is 18.5 Å². The summed E-state index contributed by atoms with van der Waals surface area (Å²) in [5.41, 5.74) is -0.00195. The van der Waals surface area contributed by atoms with E-state index in [0.29, 0.717) is 18.3 Å². The van der Waals surface area contributed by atoms with Gasteiger partial charge in [0.25, 0.3) is 5.91 Å². The van der Waals surface area contributed by atoms with Gasteiger partial charge in [-0.2, -0.15) is 0 Å². The zero-order valence-electron chi connectivity index (χ0n) is 13.7. The number of phenolic OH excluding ortho intramolecular Hbond substituents is 1. The van der Waals surface area contributed by atoms with E-state index in [4.69, 9.17) is 21.1 Å². The smallest absolute Gasteiger partial charge is 0.259 e. The largest absolute Gasteiger partial charge is 0.505 e. The summed E-state index contributed by atoms with van der Waals surface area (Å²) in [5, 5.41) is 13.1. The molecular weight excluding hydrogens is 320 g/mol. The van der Waals surface area contributed by atoms with Crippen LogP contribution in [0.15, 0.2) is 6.07 Å². The van der Waals surface area contributed by atoms with Crippen molar-refractivity contribution in [3.05, 3.63) is 16.7 Å². The zero-order valence-corrected chi connectivity index (χ0v) is 14.4. The van der Waals surface area contributed by atoms with Crippen LogP contribution < -0.4 is 14.8 Å². The summed E-state index contributed by atoms with van der Waals surface area (Å²) in [4.78, 5) is 14.9. The van der Waals surface area contributed by atoms with Gasteiger partial charge < -0.3 is 19.9 Å². The molecule has 1 fully saturated rings. The number of likely N-dealkylation sites (N-methyl/N-ethyl adjacent to an activating group) is 1. The molecule has 23 heavy (non-hydrogen) atoms. The van der Waals surface area contributed by atoms with E-state index in [0.717, 1.165) is 25.9 Å². The average molecular weight is 343 g/mol. The van der Waals surface area contributed by atoms with Crippen LogP contribution in [0.2, 0.25) is 5.02 Å². The molecule has 2 N–H and O–H groups in total. The quantitative estimate of drug-likeness (QED) is 0.830. The second kappa shape index (κ2) is 7.75. The minimum absolute atomic E-state index is 0.00195. The van der Waals surface area contributed by atoms with Crippen LogP contribution in [-0.2, 0) is 0 Å². The summed E-state index contributed by atoms with van der Waals surface area (Å²) in [6, 6.07) is 1.74. The monoisotopic (exact) mass is 342 g/mol. The van der Waals surface area contributed by atoms with Gasteiger partial charge in [-0.15, -0.1) is 0 Å². The van der Waals surface area contributed by atoms with Crippen molar-refractivity contribution in [3.8, 4) is 17.2 Å². The minimum Gasteiger partial charge on any atom is -0.505 e. The predicted octanol–water partition coefficient (Wildman–Crippen LogP) is 2.28. The Kier molecular flexibility index (Phi) is 5.96. The molecule has 1 atom stereocenters. The number of hydrogen-bond donors (Lipinski definition) is 2. The highest BCUT2D eigenvalue weighted by Crippen LogP contribution is 2.42. The number of carbonyl (C=O) groups is 1. The SMILES string of the molecule is CCN1CCC[C@H]1CNC(=O)c1c(O)c(Cl)cc(OC)c1OC. The maximum Gasteiger partial charge on any atom is 0.259 e. The van der Waals surface area contributed by atoms with Gasteiger partial charge in [0, 0.05) is 18.7 Å². The van der Waals surface area contributed by atoms with E-state index in [1.54, 1.807) is 0 Å². The molecule has 0 bridgehead atoms. The minimum atomic E-state index is -0.428. The van der Waals surface area contributed by atoms with Crippen LogP contribution in [0.1, 0.15) is 30.1 Å². The van der Waals surface area contributed by atoms with Gasteiger partial charge in [0.05, 0.1) is 19.2 Å². The molecule has 1 aromatic rings. The highest BCUT2D eigenvalue weighted by atomic mass is 35.5. The second-order valence-corrected chi connectivity index (χ2v) is 5.86. The van der Waals surface area contributed by atoms with E-state index in [9.17, 15) is 9.90 Å².